The molecule has 0 bridgehead atoms. The molecule has 1 aromatic carbocycles. The minimum Gasteiger partial charge on any atom is -0.296 e. The smallest absolute Gasteiger partial charge is 0.288 e. The molecular weight excluding hydrogens is 348 g/mol. The Hall–Kier alpha value is -1.45. The number of nitrogens with zero attached hydrogens (tertiary/aromatic N) is 2. The summed E-state index contributed by atoms with van der Waals surface area (Å²) in [5, 5.41) is 10.8. The number of benzene rings is 1. The van der Waals surface area contributed by atoms with E-state index >= 15 is 0 Å². The third kappa shape index (κ3) is 5.08. The van der Waals surface area contributed by atoms with Gasteiger partial charge >= 0.3 is 0 Å². The van der Waals surface area contributed by atoms with Crippen molar-refractivity contribution in [2.75, 3.05) is 11.1 Å². The SMILES string of the molecule is C=CCSc1nnc(NC(=O)c2ccc(SC(F)F)cc2)s1. The molecule has 0 saturated heterocycles. The topological polar surface area (TPSA) is 54.9 Å². The van der Waals surface area contributed by atoms with E-state index in [1.54, 1.807) is 6.08 Å². The first-order chi connectivity index (χ1) is 10.6. The van der Waals surface area contributed by atoms with Crippen LogP contribution in [0, 0.1) is 0 Å². The largest absolute Gasteiger partial charge is 0.296 e. The van der Waals surface area contributed by atoms with Crippen LogP contribution in [0.1, 0.15) is 10.4 Å². The molecular formula is C13H11F2N3OS3. The summed E-state index contributed by atoms with van der Waals surface area (Å²) in [5.74, 6) is -2.12. The van der Waals surface area contributed by atoms with Gasteiger partial charge in [-0.05, 0) is 24.3 Å². The molecule has 1 amide bonds. The predicted octanol–water partition coefficient (Wildman–Crippen LogP) is 4.38. The van der Waals surface area contributed by atoms with Crippen molar-refractivity contribution in [3.05, 3.63) is 42.5 Å². The lowest BCUT2D eigenvalue weighted by atomic mass is 10.2. The van der Waals surface area contributed by atoms with Crippen LogP contribution in [0.5, 0.6) is 0 Å². The molecule has 2 rings (SSSR count). The molecule has 0 saturated carbocycles. The van der Waals surface area contributed by atoms with Gasteiger partial charge in [0.1, 0.15) is 0 Å². The van der Waals surface area contributed by atoms with Crippen LogP contribution in [0.2, 0.25) is 0 Å². The molecule has 0 aliphatic rings. The van der Waals surface area contributed by atoms with Crippen molar-refractivity contribution in [2.24, 2.45) is 0 Å². The fraction of sp³-hybridized carbons (Fsp3) is 0.154. The number of alkyl halides is 2. The average Bonchev–Trinajstić information content (AvgIpc) is 2.92. The number of thioether (sulfide) groups is 2. The highest BCUT2D eigenvalue weighted by Gasteiger charge is 2.11. The van der Waals surface area contributed by atoms with Crippen LogP contribution in [0.4, 0.5) is 13.9 Å². The molecule has 22 heavy (non-hydrogen) atoms. The highest BCUT2D eigenvalue weighted by atomic mass is 32.2. The lowest BCUT2D eigenvalue weighted by Gasteiger charge is -2.03. The lowest BCUT2D eigenvalue weighted by molar-refractivity contribution is 0.102. The number of carbonyl (C=O) groups excluding carboxylic acids is 1. The van der Waals surface area contributed by atoms with Crippen LogP contribution >= 0.6 is 34.9 Å². The summed E-state index contributed by atoms with van der Waals surface area (Å²) in [7, 11) is 0. The first-order valence-corrected chi connectivity index (χ1v) is 8.70. The standard InChI is InChI=1S/C13H11F2N3OS3/c1-2-7-20-13-18-17-12(22-13)16-10(19)8-3-5-9(6-4-8)21-11(14)15/h2-6,11H,1,7H2,(H,16,17,19). The molecule has 1 heterocycles. The Labute approximate surface area is 138 Å². The zero-order valence-corrected chi connectivity index (χ0v) is 13.6. The summed E-state index contributed by atoms with van der Waals surface area (Å²) in [5.41, 5.74) is 0.370. The monoisotopic (exact) mass is 359 g/mol. The summed E-state index contributed by atoms with van der Waals surface area (Å²) < 4.78 is 25.2. The molecule has 116 valence electrons. The predicted molar refractivity (Wildman–Crippen MR) is 87.1 cm³/mol. The Morgan fingerprint density at radius 2 is 2.09 bits per heavy atom. The molecule has 1 aromatic heterocycles. The van der Waals surface area contributed by atoms with Gasteiger partial charge in [-0.3, -0.25) is 10.1 Å². The van der Waals surface area contributed by atoms with Crippen molar-refractivity contribution in [3.63, 3.8) is 0 Å². The van der Waals surface area contributed by atoms with E-state index in [-0.39, 0.29) is 5.91 Å². The average molecular weight is 359 g/mol. The van der Waals surface area contributed by atoms with E-state index in [1.807, 2.05) is 0 Å². The first kappa shape index (κ1) is 16.9. The van der Waals surface area contributed by atoms with Crippen LogP contribution in [0.15, 0.2) is 46.2 Å². The van der Waals surface area contributed by atoms with Crippen molar-refractivity contribution >= 4 is 45.9 Å². The molecule has 4 nitrogen and oxygen atoms in total. The van der Waals surface area contributed by atoms with Crippen LogP contribution in [-0.2, 0) is 0 Å². The van der Waals surface area contributed by atoms with Gasteiger partial charge in [0.05, 0.1) is 0 Å². The van der Waals surface area contributed by atoms with Crippen LogP contribution < -0.4 is 5.32 Å². The summed E-state index contributed by atoms with van der Waals surface area (Å²) >= 11 is 3.18. The van der Waals surface area contributed by atoms with Crippen LogP contribution in [0.25, 0.3) is 0 Å². The van der Waals surface area contributed by atoms with Gasteiger partial charge in [-0.2, -0.15) is 8.78 Å². The third-order valence-electron chi connectivity index (χ3n) is 2.29. The number of halogens is 2. The van der Waals surface area contributed by atoms with Crippen molar-refractivity contribution in [2.45, 2.75) is 15.0 Å². The molecule has 0 unspecified atom stereocenters. The van der Waals surface area contributed by atoms with E-state index in [0.29, 0.717) is 33.1 Å². The highest BCUT2D eigenvalue weighted by molar-refractivity contribution is 8.01. The minimum atomic E-state index is -2.48. The van der Waals surface area contributed by atoms with Crippen molar-refractivity contribution in [1.82, 2.24) is 10.2 Å². The number of hydrogen-bond acceptors (Lipinski definition) is 6. The van der Waals surface area contributed by atoms with E-state index in [2.05, 4.69) is 22.1 Å². The van der Waals surface area contributed by atoms with Gasteiger partial charge in [0.15, 0.2) is 4.34 Å². The maximum Gasteiger partial charge on any atom is 0.288 e. The first-order valence-electron chi connectivity index (χ1n) is 6.02. The zero-order chi connectivity index (χ0) is 15.9. The highest BCUT2D eigenvalue weighted by Crippen LogP contribution is 2.27. The second-order valence-corrected chi connectivity index (χ2v) is 7.14. The normalized spacial score (nSPS) is 10.7. The van der Waals surface area contributed by atoms with E-state index < -0.39 is 5.76 Å². The van der Waals surface area contributed by atoms with E-state index in [9.17, 15) is 13.6 Å². The number of carbonyl (C=O) groups is 1. The second-order valence-electron chi connectivity index (χ2n) is 3.83. The fourth-order valence-electron chi connectivity index (χ4n) is 1.41. The lowest BCUT2D eigenvalue weighted by Crippen LogP contribution is -2.11. The van der Waals surface area contributed by atoms with E-state index in [4.69, 9.17) is 0 Å². The number of nitrogens with one attached hydrogen (secondary N) is 1. The summed E-state index contributed by atoms with van der Waals surface area (Å²) in [6.07, 6.45) is 1.75. The molecule has 0 aliphatic carbocycles. The Kier molecular flexibility index (Phi) is 6.34. The van der Waals surface area contributed by atoms with Gasteiger partial charge < -0.3 is 0 Å². The number of anilines is 1. The minimum absolute atomic E-state index is 0.356. The Bertz CT molecular complexity index is 646. The number of aromatic nitrogens is 2. The van der Waals surface area contributed by atoms with E-state index in [1.165, 1.54) is 47.4 Å². The Morgan fingerprint density at radius 3 is 2.73 bits per heavy atom. The Morgan fingerprint density at radius 1 is 1.36 bits per heavy atom. The van der Waals surface area contributed by atoms with Crippen LogP contribution in [0.3, 0.4) is 0 Å². The van der Waals surface area contributed by atoms with Crippen molar-refractivity contribution < 1.29 is 13.6 Å². The van der Waals surface area contributed by atoms with Gasteiger partial charge in [-0.15, -0.1) is 16.8 Å². The van der Waals surface area contributed by atoms with Gasteiger partial charge in [-0.25, -0.2) is 0 Å². The molecule has 2 aromatic rings. The van der Waals surface area contributed by atoms with Gasteiger partial charge in [0.25, 0.3) is 11.7 Å². The third-order valence-corrected chi connectivity index (χ3v) is 4.98. The molecule has 0 fully saturated rings. The van der Waals surface area contributed by atoms with Crippen molar-refractivity contribution in [1.29, 1.82) is 0 Å². The molecule has 0 radical (unpaired) electrons. The number of hydrogen-bond donors (Lipinski definition) is 1. The van der Waals surface area contributed by atoms with Gasteiger partial charge in [0.2, 0.25) is 5.13 Å². The molecule has 0 spiro atoms. The second kappa shape index (κ2) is 8.25. The molecule has 9 heteroatoms. The van der Waals surface area contributed by atoms with Crippen molar-refractivity contribution in [3.8, 4) is 0 Å². The van der Waals surface area contributed by atoms with Gasteiger partial charge in [-0.1, -0.05) is 40.9 Å². The van der Waals surface area contributed by atoms with Crippen LogP contribution in [-0.4, -0.2) is 27.6 Å². The summed E-state index contributed by atoms with van der Waals surface area (Å²) in [6, 6.07) is 5.96. The van der Waals surface area contributed by atoms with E-state index in [0.717, 1.165) is 4.34 Å². The summed E-state index contributed by atoms with van der Waals surface area (Å²) in [6.45, 7) is 3.61. The maximum atomic E-state index is 12.2. The maximum absolute atomic E-state index is 12.2. The molecule has 1 N–H and O–H groups in total. The quantitative estimate of drug-likeness (QED) is 0.452. The fourth-order valence-corrected chi connectivity index (χ4v) is 3.41. The zero-order valence-electron chi connectivity index (χ0n) is 11.2. The molecule has 0 aliphatic heterocycles. The summed E-state index contributed by atoms with van der Waals surface area (Å²) in [4.78, 5) is 12.4. The Balaban J connectivity index is 1.96. The number of rotatable bonds is 7. The molecule has 0 atom stereocenters. The van der Waals surface area contributed by atoms with Gasteiger partial charge in [0, 0.05) is 16.2 Å². The number of amides is 1.